The molecule has 1 amide bonds. The minimum absolute atomic E-state index is 0.0963. The summed E-state index contributed by atoms with van der Waals surface area (Å²) in [6, 6.07) is 16.0. The normalized spacial score (nSPS) is 14.0. The van der Waals surface area contributed by atoms with Crippen molar-refractivity contribution in [2.24, 2.45) is 0 Å². The molecular weight excluding hydrogens is 384 g/mol. The van der Waals surface area contributed by atoms with Gasteiger partial charge in [0.1, 0.15) is 5.82 Å². The van der Waals surface area contributed by atoms with Crippen LogP contribution in [0.2, 0.25) is 0 Å². The van der Waals surface area contributed by atoms with E-state index in [1.165, 1.54) is 24.8 Å². The van der Waals surface area contributed by atoms with Gasteiger partial charge >= 0.3 is 0 Å². The highest BCUT2D eigenvalue weighted by Gasteiger charge is 2.14. The Bertz CT molecular complexity index is 1050. The van der Waals surface area contributed by atoms with Gasteiger partial charge in [-0.05, 0) is 94.1 Å². The van der Waals surface area contributed by atoms with Gasteiger partial charge < -0.3 is 15.1 Å². The van der Waals surface area contributed by atoms with Gasteiger partial charge in [-0.3, -0.25) is 4.79 Å². The first-order chi connectivity index (χ1) is 15.1. The molecule has 0 unspecified atom stereocenters. The molecule has 0 bridgehead atoms. The van der Waals surface area contributed by atoms with Crippen LogP contribution in [0.4, 0.5) is 17.2 Å². The van der Waals surface area contributed by atoms with Crippen LogP contribution in [0, 0.1) is 6.92 Å². The van der Waals surface area contributed by atoms with Gasteiger partial charge in [0.2, 0.25) is 0 Å². The maximum atomic E-state index is 12.8. The minimum Gasteiger partial charge on any atom is -0.372 e. The standard InChI is InChI=1S/C26H32N4O/c1-4-29(5-2)22-12-9-20(10-13-22)26(31)27-21-11-14-24-23(18-21)19(3)17-25(28-24)30-15-7-6-8-16-30/h9-14,17-18H,4-8,15-16H2,1-3H3,(H,27,31). The van der Waals surface area contributed by atoms with Crippen molar-refractivity contribution in [1.29, 1.82) is 0 Å². The Morgan fingerprint density at radius 3 is 2.39 bits per heavy atom. The maximum absolute atomic E-state index is 12.8. The largest absolute Gasteiger partial charge is 0.372 e. The highest BCUT2D eigenvalue weighted by atomic mass is 16.1. The number of nitrogens with zero attached hydrogens (tertiary/aromatic N) is 3. The summed E-state index contributed by atoms with van der Waals surface area (Å²) in [5.41, 5.74) is 4.75. The van der Waals surface area contributed by atoms with Crippen molar-refractivity contribution in [3.8, 4) is 0 Å². The van der Waals surface area contributed by atoms with Crippen LogP contribution in [0.15, 0.2) is 48.5 Å². The Morgan fingerprint density at radius 1 is 1.00 bits per heavy atom. The molecule has 1 N–H and O–H groups in total. The monoisotopic (exact) mass is 416 g/mol. The number of rotatable bonds is 6. The molecule has 0 spiro atoms. The molecule has 162 valence electrons. The predicted octanol–water partition coefficient (Wildman–Crippen LogP) is 5.63. The third kappa shape index (κ3) is 4.66. The van der Waals surface area contributed by atoms with Crippen LogP contribution in [-0.4, -0.2) is 37.1 Å². The van der Waals surface area contributed by atoms with Gasteiger partial charge in [0, 0.05) is 48.5 Å². The number of aromatic nitrogens is 1. The molecule has 0 aliphatic carbocycles. The number of benzene rings is 2. The molecule has 0 atom stereocenters. The maximum Gasteiger partial charge on any atom is 0.255 e. The summed E-state index contributed by atoms with van der Waals surface area (Å²) in [6.07, 6.45) is 3.78. The molecule has 2 heterocycles. The van der Waals surface area contributed by atoms with E-state index in [1.807, 2.05) is 42.5 Å². The van der Waals surface area contributed by atoms with Crippen molar-refractivity contribution >= 4 is 34.0 Å². The van der Waals surface area contributed by atoms with E-state index >= 15 is 0 Å². The number of anilines is 3. The first-order valence-corrected chi connectivity index (χ1v) is 11.4. The molecule has 31 heavy (non-hydrogen) atoms. The molecule has 2 aromatic carbocycles. The number of fused-ring (bicyclic) bond motifs is 1. The van der Waals surface area contributed by atoms with Gasteiger partial charge in [-0.25, -0.2) is 4.98 Å². The number of amides is 1. The molecule has 5 nitrogen and oxygen atoms in total. The van der Waals surface area contributed by atoms with Gasteiger partial charge in [-0.2, -0.15) is 0 Å². The van der Waals surface area contributed by atoms with Crippen molar-refractivity contribution in [3.05, 3.63) is 59.7 Å². The van der Waals surface area contributed by atoms with E-state index in [1.54, 1.807) is 0 Å². The fourth-order valence-electron chi connectivity index (χ4n) is 4.35. The van der Waals surface area contributed by atoms with Crippen LogP contribution < -0.4 is 15.1 Å². The average molecular weight is 417 g/mol. The van der Waals surface area contributed by atoms with Gasteiger partial charge in [0.05, 0.1) is 5.52 Å². The number of hydrogen-bond donors (Lipinski definition) is 1. The zero-order valence-electron chi connectivity index (χ0n) is 18.8. The molecule has 4 rings (SSSR count). The topological polar surface area (TPSA) is 48.5 Å². The van der Waals surface area contributed by atoms with Gasteiger partial charge in [0.25, 0.3) is 5.91 Å². The SMILES string of the molecule is CCN(CC)c1ccc(C(=O)Nc2ccc3nc(N4CCCCC4)cc(C)c3c2)cc1. The molecule has 1 aliphatic heterocycles. The Morgan fingerprint density at radius 2 is 1.71 bits per heavy atom. The zero-order valence-corrected chi connectivity index (χ0v) is 18.8. The van der Waals surface area contributed by atoms with Gasteiger partial charge in [-0.1, -0.05) is 0 Å². The summed E-state index contributed by atoms with van der Waals surface area (Å²) in [6.45, 7) is 10.5. The Hall–Kier alpha value is -3.08. The molecule has 1 saturated heterocycles. The second-order valence-electron chi connectivity index (χ2n) is 8.25. The lowest BCUT2D eigenvalue weighted by Crippen LogP contribution is -2.30. The van der Waals surface area contributed by atoms with Crippen LogP contribution in [0.5, 0.6) is 0 Å². The van der Waals surface area contributed by atoms with Gasteiger partial charge in [-0.15, -0.1) is 0 Å². The summed E-state index contributed by atoms with van der Waals surface area (Å²) < 4.78 is 0. The number of pyridine rings is 1. The smallest absolute Gasteiger partial charge is 0.255 e. The third-order valence-corrected chi connectivity index (χ3v) is 6.20. The molecule has 0 radical (unpaired) electrons. The lowest BCUT2D eigenvalue weighted by Gasteiger charge is -2.28. The van der Waals surface area contributed by atoms with Crippen molar-refractivity contribution < 1.29 is 4.79 Å². The molecule has 1 fully saturated rings. The second-order valence-corrected chi connectivity index (χ2v) is 8.25. The Balaban J connectivity index is 1.52. The fourth-order valence-corrected chi connectivity index (χ4v) is 4.35. The summed E-state index contributed by atoms with van der Waals surface area (Å²) in [5, 5.41) is 4.12. The highest BCUT2D eigenvalue weighted by Crippen LogP contribution is 2.27. The zero-order chi connectivity index (χ0) is 21.8. The van der Waals surface area contributed by atoms with Crippen LogP contribution in [0.25, 0.3) is 10.9 Å². The number of hydrogen-bond acceptors (Lipinski definition) is 4. The Labute approximate surface area is 185 Å². The number of piperidine rings is 1. The number of nitrogens with one attached hydrogen (secondary N) is 1. The molecule has 5 heteroatoms. The van der Waals surface area contributed by atoms with Crippen LogP contribution >= 0.6 is 0 Å². The summed E-state index contributed by atoms with van der Waals surface area (Å²) in [5.74, 6) is 0.968. The minimum atomic E-state index is -0.0963. The van der Waals surface area contributed by atoms with Crippen LogP contribution in [0.1, 0.15) is 49.0 Å². The average Bonchev–Trinajstić information content (AvgIpc) is 2.81. The number of carbonyl (C=O) groups excluding carboxylic acids is 1. The molecule has 1 aromatic heterocycles. The number of carbonyl (C=O) groups is 1. The van der Waals surface area contributed by atoms with E-state index in [9.17, 15) is 4.79 Å². The fraction of sp³-hybridized carbons (Fsp3) is 0.385. The molecule has 3 aromatic rings. The lowest BCUT2D eigenvalue weighted by molar-refractivity contribution is 0.102. The summed E-state index contributed by atoms with van der Waals surface area (Å²) >= 11 is 0. The van der Waals surface area contributed by atoms with Gasteiger partial charge in [0.15, 0.2) is 0 Å². The van der Waals surface area contributed by atoms with E-state index in [0.29, 0.717) is 5.56 Å². The first kappa shape index (κ1) is 21.2. The predicted molar refractivity (Wildman–Crippen MR) is 131 cm³/mol. The van der Waals surface area contributed by atoms with Crippen molar-refractivity contribution in [1.82, 2.24) is 4.98 Å². The first-order valence-electron chi connectivity index (χ1n) is 11.4. The summed E-state index contributed by atoms with van der Waals surface area (Å²) in [4.78, 5) is 22.3. The van der Waals surface area contributed by atoms with Crippen molar-refractivity contribution in [2.45, 2.75) is 40.0 Å². The molecule has 1 aliphatic rings. The van der Waals surface area contributed by atoms with E-state index in [0.717, 1.165) is 54.3 Å². The van der Waals surface area contributed by atoms with E-state index in [2.05, 4.69) is 42.0 Å². The van der Waals surface area contributed by atoms with E-state index in [4.69, 9.17) is 4.98 Å². The lowest BCUT2D eigenvalue weighted by atomic mass is 10.1. The summed E-state index contributed by atoms with van der Waals surface area (Å²) in [7, 11) is 0. The second kappa shape index (κ2) is 9.38. The van der Waals surface area contributed by atoms with E-state index < -0.39 is 0 Å². The molecular formula is C26H32N4O. The number of aryl methyl sites for hydroxylation is 1. The quantitative estimate of drug-likeness (QED) is 0.566. The van der Waals surface area contributed by atoms with Crippen molar-refractivity contribution in [2.75, 3.05) is 41.3 Å². The van der Waals surface area contributed by atoms with Crippen molar-refractivity contribution in [3.63, 3.8) is 0 Å². The van der Waals surface area contributed by atoms with E-state index in [-0.39, 0.29) is 5.91 Å². The Kier molecular flexibility index (Phi) is 6.40. The van der Waals surface area contributed by atoms with Crippen LogP contribution in [0.3, 0.4) is 0 Å². The highest BCUT2D eigenvalue weighted by molar-refractivity contribution is 6.05. The molecule has 0 saturated carbocycles. The van der Waals surface area contributed by atoms with Crippen LogP contribution in [-0.2, 0) is 0 Å². The third-order valence-electron chi connectivity index (χ3n) is 6.20.